The predicted octanol–water partition coefficient (Wildman–Crippen LogP) is -0.833. The summed E-state index contributed by atoms with van der Waals surface area (Å²) >= 11 is 0. The lowest BCUT2D eigenvalue weighted by atomic mass is 9.99. The number of fused-ring (bicyclic) bond motifs is 1. The van der Waals surface area contributed by atoms with Gasteiger partial charge in [0.1, 0.15) is 42.2 Å². The summed E-state index contributed by atoms with van der Waals surface area (Å²) in [5.41, 5.74) is -1.70. The molecule has 0 bridgehead atoms. The molecule has 0 saturated carbocycles. The molecule has 182 valence electrons. The molecule has 0 spiro atoms. The fraction of sp³-hybridized carbons (Fsp3) is 0.286. The molecule has 9 N–H and O–H groups in total. The zero-order valence-electron chi connectivity index (χ0n) is 17.1. The van der Waals surface area contributed by atoms with E-state index in [1.54, 1.807) is 0 Å². The Morgan fingerprint density at radius 3 is 2.21 bits per heavy atom. The number of aromatic hydroxyl groups is 5. The molecule has 5 atom stereocenters. The maximum absolute atomic E-state index is 12.8. The van der Waals surface area contributed by atoms with E-state index >= 15 is 0 Å². The Morgan fingerprint density at radius 2 is 1.53 bits per heavy atom. The number of aliphatic hydroxyl groups is 4. The molecule has 2 heterocycles. The summed E-state index contributed by atoms with van der Waals surface area (Å²) in [5, 5.41) is 88.6. The van der Waals surface area contributed by atoms with Crippen molar-refractivity contribution in [3.8, 4) is 45.8 Å². The van der Waals surface area contributed by atoms with Crippen LogP contribution >= 0.6 is 0 Å². The summed E-state index contributed by atoms with van der Waals surface area (Å²) in [6.45, 7) is -0.630. The maximum Gasteiger partial charge on any atom is 0.238 e. The fourth-order valence-corrected chi connectivity index (χ4v) is 3.54. The molecule has 0 aliphatic carbocycles. The van der Waals surface area contributed by atoms with Crippen molar-refractivity contribution in [2.75, 3.05) is 6.61 Å². The van der Waals surface area contributed by atoms with E-state index in [-0.39, 0.29) is 5.56 Å². The van der Waals surface area contributed by atoms with Crippen molar-refractivity contribution >= 4 is 11.0 Å². The average molecular weight is 480 g/mol. The number of phenolic OH excluding ortho intramolecular Hbond substituents is 4. The van der Waals surface area contributed by atoms with Crippen LogP contribution in [0.15, 0.2) is 33.5 Å². The van der Waals surface area contributed by atoms with E-state index in [4.69, 9.17) is 13.9 Å². The molecule has 2 aromatic carbocycles. The van der Waals surface area contributed by atoms with Crippen molar-refractivity contribution in [3.63, 3.8) is 0 Å². The lowest BCUT2D eigenvalue weighted by Crippen LogP contribution is -2.58. The Bertz CT molecular complexity index is 1300. The third kappa shape index (κ3) is 3.81. The first-order chi connectivity index (χ1) is 16.0. The number of phenols is 4. The lowest BCUT2D eigenvalue weighted by Gasteiger charge is -2.38. The van der Waals surface area contributed by atoms with Crippen LogP contribution < -0.4 is 10.2 Å². The fourth-order valence-electron chi connectivity index (χ4n) is 3.54. The van der Waals surface area contributed by atoms with E-state index in [2.05, 4.69) is 0 Å². The second-order valence-corrected chi connectivity index (χ2v) is 7.61. The summed E-state index contributed by atoms with van der Waals surface area (Å²) in [5.74, 6) is -4.51. The van der Waals surface area contributed by atoms with Crippen molar-refractivity contribution in [3.05, 3.63) is 34.5 Å². The smallest absolute Gasteiger partial charge is 0.238 e. The van der Waals surface area contributed by atoms with E-state index in [9.17, 15) is 50.8 Å². The largest absolute Gasteiger partial charge is 0.507 e. The van der Waals surface area contributed by atoms with Crippen molar-refractivity contribution in [2.45, 2.75) is 30.7 Å². The molecule has 1 aliphatic heterocycles. The Morgan fingerprint density at radius 1 is 0.824 bits per heavy atom. The first kappa shape index (κ1) is 23.4. The third-order valence-corrected chi connectivity index (χ3v) is 5.37. The summed E-state index contributed by atoms with van der Waals surface area (Å²) < 4.78 is 16.0. The molecular formula is C21H20O13. The van der Waals surface area contributed by atoms with E-state index < -0.39 is 94.0 Å². The van der Waals surface area contributed by atoms with Gasteiger partial charge in [0, 0.05) is 11.6 Å². The zero-order chi connectivity index (χ0) is 24.9. The van der Waals surface area contributed by atoms with Crippen LogP contribution in [0.2, 0.25) is 0 Å². The van der Waals surface area contributed by atoms with E-state index in [1.165, 1.54) is 6.07 Å². The van der Waals surface area contributed by atoms with Crippen LogP contribution in [0.1, 0.15) is 0 Å². The Kier molecular flexibility index (Phi) is 5.89. The van der Waals surface area contributed by atoms with Gasteiger partial charge in [0.2, 0.25) is 16.9 Å². The van der Waals surface area contributed by atoms with Gasteiger partial charge in [-0.25, -0.2) is 0 Å². The second kappa shape index (κ2) is 8.55. The van der Waals surface area contributed by atoms with Crippen LogP contribution in [0.25, 0.3) is 22.3 Å². The highest BCUT2D eigenvalue weighted by atomic mass is 16.6. The summed E-state index contributed by atoms with van der Waals surface area (Å²) in [6, 6.07) is 4.01. The van der Waals surface area contributed by atoms with Crippen LogP contribution in [-0.2, 0) is 4.74 Å². The van der Waals surface area contributed by atoms with E-state index in [0.717, 1.165) is 18.2 Å². The predicted molar refractivity (Wildman–Crippen MR) is 111 cm³/mol. The molecule has 13 nitrogen and oxygen atoms in total. The zero-order valence-corrected chi connectivity index (χ0v) is 17.1. The minimum atomic E-state index is -1.85. The van der Waals surface area contributed by atoms with Crippen LogP contribution in [0.4, 0.5) is 0 Å². The number of hydrogen-bond donors (Lipinski definition) is 9. The topological polar surface area (TPSA) is 231 Å². The number of ether oxygens (including phenoxy) is 2. The Hall–Kier alpha value is -3.75. The van der Waals surface area contributed by atoms with Crippen molar-refractivity contribution in [1.82, 2.24) is 0 Å². The minimum absolute atomic E-state index is 0.0492. The van der Waals surface area contributed by atoms with Crippen molar-refractivity contribution in [2.24, 2.45) is 0 Å². The molecule has 34 heavy (non-hydrogen) atoms. The third-order valence-electron chi connectivity index (χ3n) is 5.37. The van der Waals surface area contributed by atoms with Gasteiger partial charge in [-0.3, -0.25) is 4.79 Å². The summed E-state index contributed by atoms with van der Waals surface area (Å²) in [6.07, 6.45) is -8.49. The molecule has 1 fully saturated rings. The molecule has 4 rings (SSSR count). The number of hydrogen-bond acceptors (Lipinski definition) is 13. The molecule has 0 unspecified atom stereocenters. The average Bonchev–Trinajstić information content (AvgIpc) is 2.79. The van der Waals surface area contributed by atoms with E-state index in [0.29, 0.717) is 0 Å². The van der Waals surface area contributed by atoms with Crippen LogP contribution in [-0.4, -0.2) is 83.3 Å². The number of aliphatic hydroxyl groups excluding tert-OH is 4. The van der Waals surface area contributed by atoms with Gasteiger partial charge in [-0.05, 0) is 18.2 Å². The standard InChI is InChI=1S/C21H20O13/c22-7-2-1-6(3-8(7)23)18-16(29)14(27)12-9(24)4-10(25)19(20(12)34-18)32-5-11-13(26)15(28)17(30)21(31)33-11/h1-4,11,13,15,17,21-26,28-31H,5H2/t11-,13+,15+,17+,21-/m1/s1. The molecule has 3 aromatic rings. The highest BCUT2D eigenvalue weighted by Crippen LogP contribution is 2.43. The van der Waals surface area contributed by atoms with Crippen LogP contribution in [0.5, 0.6) is 34.5 Å². The summed E-state index contributed by atoms with van der Waals surface area (Å²) in [4.78, 5) is 12.8. The molecular weight excluding hydrogens is 460 g/mol. The first-order valence-electron chi connectivity index (χ1n) is 9.78. The van der Waals surface area contributed by atoms with Crippen molar-refractivity contribution < 1.29 is 59.8 Å². The quantitative estimate of drug-likeness (QED) is 0.208. The van der Waals surface area contributed by atoms with Crippen LogP contribution in [0.3, 0.4) is 0 Å². The SMILES string of the molecule is O=c1c(O)c(-c2ccc(O)c(O)c2)oc2c(OC[C@H]3O[C@@H](O)[C@@H](O)[C@@H](O)[C@H]3O)c(O)cc(O)c12. The Balaban J connectivity index is 1.80. The van der Waals surface area contributed by atoms with E-state index in [1.807, 2.05) is 0 Å². The van der Waals surface area contributed by atoms with Crippen molar-refractivity contribution in [1.29, 1.82) is 0 Å². The van der Waals surface area contributed by atoms with Gasteiger partial charge < -0.3 is 59.8 Å². The molecule has 1 aliphatic rings. The monoisotopic (exact) mass is 480 g/mol. The van der Waals surface area contributed by atoms with Gasteiger partial charge in [-0.2, -0.15) is 0 Å². The summed E-state index contributed by atoms with van der Waals surface area (Å²) in [7, 11) is 0. The van der Waals surface area contributed by atoms with Gasteiger partial charge in [-0.15, -0.1) is 0 Å². The second-order valence-electron chi connectivity index (χ2n) is 7.61. The highest BCUT2D eigenvalue weighted by molar-refractivity contribution is 5.93. The normalized spacial score (nSPS) is 24.9. The first-order valence-corrected chi connectivity index (χ1v) is 9.78. The molecule has 1 saturated heterocycles. The minimum Gasteiger partial charge on any atom is -0.507 e. The molecule has 13 heteroatoms. The van der Waals surface area contributed by atoms with Gasteiger partial charge >= 0.3 is 0 Å². The number of benzene rings is 2. The highest BCUT2D eigenvalue weighted by Gasteiger charge is 2.43. The maximum atomic E-state index is 12.8. The van der Waals surface area contributed by atoms with Gasteiger partial charge in [0.05, 0.1) is 0 Å². The molecule has 0 radical (unpaired) electrons. The number of rotatable bonds is 4. The van der Waals surface area contributed by atoms with Gasteiger partial charge in [-0.1, -0.05) is 0 Å². The van der Waals surface area contributed by atoms with Gasteiger partial charge in [0.15, 0.2) is 34.9 Å². The molecule has 0 amide bonds. The van der Waals surface area contributed by atoms with Gasteiger partial charge in [0.25, 0.3) is 0 Å². The molecule has 1 aromatic heterocycles. The van der Waals surface area contributed by atoms with Crippen LogP contribution in [0, 0.1) is 0 Å². The Labute approximate surface area is 189 Å². The lowest BCUT2D eigenvalue weighted by molar-refractivity contribution is -0.285.